The zero-order valence-corrected chi connectivity index (χ0v) is 21.5. The van der Waals surface area contributed by atoms with Crippen molar-refractivity contribution in [1.82, 2.24) is 9.88 Å². The van der Waals surface area contributed by atoms with E-state index in [0.717, 1.165) is 50.2 Å². The SMILES string of the molecule is O=C(O)C(C1=CC(F)=CCC1C1CC(F)(F)CO1)N1CCC(OCCCCc2ccc3c(n2)NCCC3)C1. The second-order valence-electron chi connectivity index (χ2n) is 10.8. The number of unbranched alkanes of at least 4 members (excludes halogenated alkanes) is 1. The molecule has 1 aliphatic carbocycles. The Morgan fingerprint density at radius 2 is 2.21 bits per heavy atom. The van der Waals surface area contributed by atoms with Crippen LogP contribution in [0.15, 0.2) is 35.7 Å². The number of anilines is 1. The number of aryl methyl sites for hydroxylation is 2. The molecule has 5 rings (SSSR count). The van der Waals surface area contributed by atoms with Gasteiger partial charge in [-0.3, -0.25) is 9.69 Å². The molecule has 4 aliphatic rings. The van der Waals surface area contributed by atoms with Crippen molar-refractivity contribution in [3.05, 3.63) is 46.9 Å². The van der Waals surface area contributed by atoms with E-state index in [2.05, 4.69) is 17.4 Å². The number of nitrogens with one attached hydrogen (secondary N) is 1. The van der Waals surface area contributed by atoms with Gasteiger partial charge in [0.05, 0.1) is 12.2 Å². The third-order valence-corrected chi connectivity index (χ3v) is 7.98. The van der Waals surface area contributed by atoms with Gasteiger partial charge in [-0.1, -0.05) is 6.07 Å². The molecule has 38 heavy (non-hydrogen) atoms. The number of alkyl halides is 2. The molecule has 2 fully saturated rings. The number of aromatic nitrogens is 1. The van der Waals surface area contributed by atoms with Gasteiger partial charge in [0.25, 0.3) is 5.92 Å². The third-order valence-electron chi connectivity index (χ3n) is 7.98. The lowest BCUT2D eigenvalue weighted by Gasteiger charge is -2.34. The van der Waals surface area contributed by atoms with Crippen LogP contribution in [0.5, 0.6) is 0 Å². The molecule has 3 aliphatic heterocycles. The molecule has 4 atom stereocenters. The summed E-state index contributed by atoms with van der Waals surface area (Å²) in [5.74, 6) is -4.20. The van der Waals surface area contributed by atoms with Crippen molar-refractivity contribution in [1.29, 1.82) is 0 Å². The van der Waals surface area contributed by atoms with Crippen molar-refractivity contribution < 1.29 is 32.5 Å². The Bertz CT molecular complexity index is 1080. The summed E-state index contributed by atoms with van der Waals surface area (Å²) in [5.41, 5.74) is 2.64. The van der Waals surface area contributed by atoms with Crippen molar-refractivity contribution in [2.24, 2.45) is 5.92 Å². The molecule has 0 bridgehead atoms. The maximum atomic E-state index is 14.2. The summed E-state index contributed by atoms with van der Waals surface area (Å²) < 4.78 is 53.3. The number of ether oxygens (including phenoxy) is 2. The van der Waals surface area contributed by atoms with Crippen LogP contribution in [0.4, 0.5) is 19.0 Å². The number of carboxylic acids is 1. The summed E-state index contributed by atoms with van der Waals surface area (Å²) in [6.07, 6.45) is 6.75. The van der Waals surface area contributed by atoms with E-state index in [1.54, 1.807) is 4.90 Å². The number of pyridine rings is 1. The van der Waals surface area contributed by atoms with Crippen LogP contribution in [0.2, 0.25) is 0 Å². The van der Waals surface area contributed by atoms with E-state index < -0.39 is 48.8 Å². The summed E-state index contributed by atoms with van der Waals surface area (Å²) in [4.78, 5) is 18.8. The maximum Gasteiger partial charge on any atom is 0.325 e. The minimum Gasteiger partial charge on any atom is -0.480 e. The number of rotatable bonds is 10. The molecule has 0 saturated carbocycles. The van der Waals surface area contributed by atoms with Gasteiger partial charge in [-0.2, -0.15) is 0 Å². The molecule has 10 heteroatoms. The second-order valence-corrected chi connectivity index (χ2v) is 10.8. The highest BCUT2D eigenvalue weighted by atomic mass is 19.3. The highest BCUT2D eigenvalue weighted by molar-refractivity contribution is 5.78. The predicted octanol–water partition coefficient (Wildman–Crippen LogP) is 4.53. The molecule has 208 valence electrons. The van der Waals surface area contributed by atoms with Gasteiger partial charge in [-0.25, -0.2) is 18.2 Å². The molecule has 0 amide bonds. The average molecular weight is 536 g/mol. The van der Waals surface area contributed by atoms with E-state index in [1.165, 1.54) is 17.7 Å². The van der Waals surface area contributed by atoms with E-state index >= 15 is 0 Å². The topological polar surface area (TPSA) is 83.9 Å². The van der Waals surface area contributed by atoms with Crippen LogP contribution < -0.4 is 5.32 Å². The third kappa shape index (κ3) is 6.40. The lowest BCUT2D eigenvalue weighted by molar-refractivity contribution is -0.142. The zero-order valence-electron chi connectivity index (χ0n) is 21.5. The van der Waals surface area contributed by atoms with Gasteiger partial charge in [-0.15, -0.1) is 0 Å². The second kappa shape index (κ2) is 11.8. The van der Waals surface area contributed by atoms with Gasteiger partial charge < -0.3 is 19.9 Å². The molecule has 0 spiro atoms. The Morgan fingerprint density at radius 1 is 1.34 bits per heavy atom. The van der Waals surface area contributed by atoms with Crippen molar-refractivity contribution in [3.8, 4) is 0 Å². The minimum atomic E-state index is -2.95. The predicted molar refractivity (Wildman–Crippen MR) is 136 cm³/mol. The van der Waals surface area contributed by atoms with Crippen molar-refractivity contribution in [2.45, 2.75) is 75.5 Å². The van der Waals surface area contributed by atoms with Crippen molar-refractivity contribution in [3.63, 3.8) is 0 Å². The Kier molecular flexibility index (Phi) is 8.40. The molecule has 1 aromatic rings. The van der Waals surface area contributed by atoms with E-state index in [4.69, 9.17) is 14.5 Å². The fourth-order valence-electron chi connectivity index (χ4n) is 6.05. The number of halogens is 3. The number of aliphatic carboxylic acids is 1. The number of carbonyl (C=O) groups is 1. The Hall–Kier alpha value is -2.43. The molecule has 2 N–H and O–H groups in total. The van der Waals surface area contributed by atoms with Crippen LogP contribution in [0, 0.1) is 5.92 Å². The van der Waals surface area contributed by atoms with Crippen LogP contribution in [-0.2, 0) is 27.1 Å². The monoisotopic (exact) mass is 535 g/mol. The number of carboxylic acid groups (broad SMARTS) is 1. The van der Waals surface area contributed by atoms with Crippen LogP contribution in [0.1, 0.15) is 49.8 Å². The molecule has 7 nitrogen and oxygen atoms in total. The van der Waals surface area contributed by atoms with Crippen LogP contribution in [-0.4, -0.2) is 78.0 Å². The maximum absolute atomic E-state index is 14.2. The van der Waals surface area contributed by atoms with Crippen LogP contribution >= 0.6 is 0 Å². The van der Waals surface area contributed by atoms with E-state index in [9.17, 15) is 23.1 Å². The number of allylic oxidation sites excluding steroid dienone is 3. The number of hydrogen-bond acceptors (Lipinski definition) is 6. The normalized spacial score (nSPS) is 27.8. The summed E-state index contributed by atoms with van der Waals surface area (Å²) in [5, 5.41) is 13.4. The first-order valence-electron chi connectivity index (χ1n) is 13.7. The Balaban J connectivity index is 1.12. The molecular weight excluding hydrogens is 499 g/mol. The minimum absolute atomic E-state index is 0.127. The fraction of sp³-hybridized carbons (Fsp3) is 0.643. The highest BCUT2D eigenvalue weighted by Gasteiger charge is 2.48. The van der Waals surface area contributed by atoms with Crippen LogP contribution in [0.3, 0.4) is 0 Å². The van der Waals surface area contributed by atoms with Crippen LogP contribution in [0.25, 0.3) is 0 Å². The number of fused-ring (bicyclic) bond motifs is 1. The lowest BCUT2D eigenvalue weighted by atomic mass is 9.81. The van der Waals surface area contributed by atoms with Gasteiger partial charge in [-0.05, 0) is 74.3 Å². The number of hydrogen-bond donors (Lipinski definition) is 2. The molecule has 4 unspecified atom stereocenters. The fourth-order valence-corrected chi connectivity index (χ4v) is 6.05. The molecule has 0 radical (unpaired) electrons. The zero-order chi connectivity index (χ0) is 26.7. The summed E-state index contributed by atoms with van der Waals surface area (Å²) in [6, 6.07) is 3.15. The van der Waals surface area contributed by atoms with E-state index in [0.29, 0.717) is 31.7 Å². The molecule has 0 aromatic carbocycles. The van der Waals surface area contributed by atoms with Crippen molar-refractivity contribution >= 4 is 11.8 Å². The summed E-state index contributed by atoms with van der Waals surface area (Å²) in [7, 11) is 0. The van der Waals surface area contributed by atoms with E-state index in [1.807, 2.05) is 0 Å². The summed E-state index contributed by atoms with van der Waals surface area (Å²) in [6.45, 7) is 1.71. The van der Waals surface area contributed by atoms with Gasteiger partial charge in [0, 0.05) is 44.3 Å². The smallest absolute Gasteiger partial charge is 0.325 e. The van der Waals surface area contributed by atoms with Gasteiger partial charge in [0.15, 0.2) is 0 Å². The average Bonchev–Trinajstić information content (AvgIpc) is 3.49. The first kappa shape index (κ1) is 27.1. The quantitative estimate of drug-likeness (QED) is 0.426. The highest BCUT2D eigenvalue weighted by Crippen LogP contribution is 2.41. The first-order chi connectivity index (χ1) is 18.3. The van der Waals surface area contributed by atoms with Crippen molar-refractivity contribution in [2.75, 3.05) is 38.2 Å². The van der Waals surface area contributed by atoms with Gasteiger partial charge >= 0.3 is 5.97 Å². The van der Waals surface area contributed by atoms with Gasteiger partial charge in [0.2, 0.25) is 0 Å². The first-order valence-corrected chi connectivity index (χ1v) is 13.7. The standard InChI is InChI=1S/C28H36F3N3O4/c29-19-7-9-22(24-15-28(30,31)17-38-24)23(14-19)25(27(35)36)34-12-10-21(16-34)37-13-2-1-5-20-8-6-18-4-3-11-32-26(18)33-20/h6-8,14,21-22,24-25H,1-5,9-13,15-17H2,(H,32,33)(H,35,36). The Morgan fingerprint density at radius 3 is 3.00 bits per heavy atom. The molecule has 4 heterocycles. The largest absolute Gasteiger partial charge is 0.480 e. The van der Waals surface area contributed by atoms with E-state index in [-0.39, 0.29) is 12.5 Å². The van der Waals surface area contributed by atoms with Gasteiger partial charge in [0.1, 0.15) is 24.3 Å². The number of nitrogens with zero attached hydrogens (tertiary/aromatic N) is 2. The molecular formula is C28H36F3N3O4. The summed E-state index contributed by atoms with van der Waals surface area (Å²) >= 11 is 0. The number of likely N-dealkylation sites (tertiary alicyclic amines) is 1. The molecule has 2 saturated heterocycles. The lowest BCUT2D eigenvalue weighted by Crippen LogP contribution is -2.45. The molecule has 1 aromatic heterocycles. The Labute approximate surface area is 221 Å².